The van der Waals surface area contributed by atoms with Crippen LogP contribution in [0.5, 0.6) is 0 Å². The summed E-state index contributed by atoms with van der Waals surface area (Å²) in [6.45, 7) is 2.10. The Labute approximate surface area is 117 Å². The first-order valence-corrected chi connectivity index (χ1v) is 6.52. The maximum absolute atomic E-state index is 6.07. The second kappa shape index (κ2) is 6.07. The first kappa shape index (κ1) is 13.2. The lowest BCUT2D eigenvalue weighted by molar-refractivity contribution is 0.785. The fourth-order valence-electron chi connectivity index (χ4n) is 1.77. The Morgan fingerprint density at radius 1 is 1.22 bits per heavy atom. The van der Waals surface area contributed by atoms with Gasteiger partial charge in [0.1, 0.15) is 5.82 Å². The number of hydrogen-bond acceptors (Lipinski definition) is 2. The summed E-state index contributed by atoms with van der Waals surface area (Å²) in [5.41, 5.74) is 1.28. The summed E-state index contributed by atoms with van der Waals surface area (Å²) in [6, 6.07) is 12.2. The zero-order valence-electron chi connectivity index (χ0n) is 10.0. The van der Waals surface area contributed by atoms with Crippen molar-refractivity contribution in [3.8, 4) is 0 Å². The van der Waals surface area contributed by atoms with Crippen LogP contribution in [0.3, 0.4) is 0 Å². The van der Waals surface area contributed by atoms with Crippen LogP contribution in [-0.2, 0) is 6.42 Å². The van der Waals surface area contributed by atoms with Crippen LogP contribution in [0.1, 0.15) is 12.5 Å². The molecule has 1 heterocycles. The summed E-state index contributed by atoms with van der Waals surface area (Å²) in [5, 5.41) is 4.37. The van der Waals surface area contributed by atoms with Crippen molar-refractivity contribution in [2.24, 2.45) is 0 Å². The number of nitrogens with zero attached hydrogens (tertiary/aromatic N) is 1. The third-order valence-electron chi connectivity index (χ3n) is 2.58. The smallest absolute Gasteiger partial charge is 0.145 e. The highest BCUT2D eigenvalue weighted by Crippen LogP contribution is 2.23. The minimum Gasteiger partial charge on any atom is -0.366 e. The van der Waals surface area contributed by atoms with Crippen molar-refractivity contribution < 1.29 is 0 Å². The summed E-state index contributed by atoms with van der Waals surface area (Å²) >= 11 is 11.9. The predicted octanol–water partition coefficient (Wildman–Crippen LogP) is 4.43. The molecule has 2 nitrogen and oxygen atoms in total. The fourth-order valence-corrected chi connectivity index (χ4v) is 2.21. The van der Waals surface area contributed by atoms with Crippen molar-refractivity contribution in [3.63, 3.8) is 0 Å². The largest absolute Gasteiger partial charge is 0.366 e. The van der Waals surface area contributed by atoms with Gasteiger partial charge in [-0.05, 0) is 25.0 Å². The zero-order chi connectivity index (χ0) is 13.0. The first-order valence-electron chi connectivity index (χ1n) is 5.76. The second-order valence-corrected chi connectivity index (χ2v) is 5.06. The molecule has 1 unspecified atom stereocenters. The van der Waals surface area contributed by atoms with E-state index < -0.39 is 0 Å². The van der Waals surface area contributed by atoms with Crippen LogP contribution < -0.4 is 5.32 Å². The van der Waals surface area contributed by atoms with Crippen LogP contribution >= 0.6 is 23.2 Å². The molecule has 2 rings (SSSR count). The van der Waals surface area contributed by atoms with Gasteiger partial charge in [-0.3, -0.25) is 0 Å². The van der Waals surface area contributed by atoms with E-state index in [-0.39, 0.29) is 6.04 Å². The molecular formula is C14H14Cl2N2. The Hall–Kier alpha value is -1.25. The molecule has 1 aromatic heterocycles. The van der Waals surface area contributed by atoms with Gasteiger partial charge in [0.05, 0.1) is 10.0 Å². The quantitative estimate of drug-likeness (QED) is 0.896. The van der Waals surface area contributed by atoms with Gasteiger partial charge in [-0.25, -0.2) is 4.98 Å². The van der Waals surface area contributed by atoms with E-state index in [2.05, 4.69) is 29.4 Å². The lowest BCUT2D eigenvalue weighted by Crippen LogP contribution is -2.19. The van der Waals surface area contributed by atoms with Crippen LogP contribution in [0, 0.1) is 0 Å². The number of benzene rings is 1. The molecule has 0 aliphatic carbocycles. The average molecular weight is 281 g/mol. The molecule has 1 aromatic carbocycles. The van der Waals surface area contributed by atoms with E-state index in [4.69, 9.17) is 23.2 Å². The molecule has 0 aliphatic heterocycles. The van der Waals surface area contributed by atoms with Gasteiger partial charge in [0, 0.05) is 12.2 Å². The first-order chi connectivity index (χ1) is 8.65. The molecule has 0 fully saturated rings. The van der Waals surface area contributed by atoms with E-state index >= 15 is 0 Å². The molecule has 0 amide bonds. The predicted molar refractivity (Wildman–Crippen MR) is 77.5 cm³/mol. The number of rotatable bonds is 4. The van der Waals surface area contributed by atoms with Gasteiger partial charge in [0.25, 0.3) is 0 Å². The maximum atomic E-state index is 6.07. The average Bonchev–Trinajstić information content (AvgIpc) is 2.34. The van der Waals surface area contributed by atoms with Crippen LogP contribution in [0.4, 0.5) is 5.82 Å². The van der Waals surface area contributed by atoms with Gasteiger partial charge in [-0.15, -0.1) is 0 Å². The maximum Gasteiger partial charge on any atom is 0.145 e. The SMILES string of the molecule is CC(Cc1ccccc1)Nc1ncc(Cl)cc1Cl. The number of halogens is 2. The fraction of sp³-hybridized carbons (Fsp3) is 0.214. The van der Waals surface area contributed by atoms with Crippen molar-refractivity contribution in [2.75, 3.05) is 5.32 Å². The van der Waals surface area contributed by atoms with Gasteiger partial charge in [-0.1, -0.05) is 53.5 Å². The van der Waals surface area contributed by atoms with Gasteiger partial charge < -0.3 is 5.32 Å². The highest BCUT2D eigenvalue weighted by molar-refractivity contribution is 6.35. The van der Waals surface area contributed by atoms with E-state index in [0.29, 0.717) is 15.9 Å². The van der Waals surface area contributed by atoms with Crippen LogP contribution in [0.2, 0.25) is 10.0 Å². The lowest BCUT2D eigenvalue weighted by Gasteiger charge is -2.15. The lowest BCUT2D eigenvalue weighted by atomic mass is 10.1. The summed E-state index contributed by atoms with van der Waals surface area (Å²) in [7, 11) is 0. The normalized spacial score (nSPS) is 12.2. The van der Waals surface area contributed by atoms with Crippen molar-refractivity contribution in [3.05, 3.63) is 58.2 Å². The summed E-state index contributed by atoms with van der Waals surface area (Å²) in [6.07, 6.45) is 2.51. The Kier molecular flexibility index (Phi) is 4.45. The Bertz CT molecular complexity index is 514. The highest BCUT2D eigenvalue weighted by atomic mass is 35.5. The Morgan fingerprint density at radius 3 is 2.61 bits per heavy atom. The van der Waals surface area contributed by atoms with Crippen molar-refractivity contribution in [1.82, 2.24) is 4.98 Å². The van der Waals surface area contributed by atoms with E-state index in [1.165, 1.54) is 5.56 Å². The molecule has 1 N–H and O–H groups in total. The number of aromatic nitrogens is 1. The Morgan fingerprint density at radius 2 is 1.94 bits per heavy atom. The van der Waals surface area contributed by atoms with E-state index in [0.717, 1.165) is 6.42 Å². The third-order valence-corrected chi connectivity index (χ3v) is 3.07. The van der Waals surface area contributed by atoms with Crippen LogP contribution in [0.25, 0.3) is 0 Å². The molecule has 0 aliphatic rings. The third kappa shape index (κ3) is 3.62. The van der Waals surface area contributed by atoms with Crippen molar-refractivity contribution in [1.29, 1.82) is 0 Å². The van der Waals surface area contributed by atoms with E-state index in [1.54, 1.807) is 12.3 Å². The van der Waals surface area contributed by atoms with Gasteiger partial charge >= 0.3 is 0 Å². The number of pyridine rings is 1. The number of nitrogens with one attached hydrogen (secondary N) is 1. The monoisotopic (exact) mass is 280 g/mol. The molecule has 2 aromatic rings. The Balaban J connectivity index is 2.01. The molecule has 4 heteroatoms. The topological polar surface area (TPSA) is 24.9 Å². The van der Waals surface area contributed by atoms with E-state index in [9.17, 15) is 0 Å². The van der Waals surface area contributed by atoms with Crippen molar-refractivity contribution >= 4 is 29.0 Å². The molecular weight excluding hydrogens is 267 g/mol. The molecule has 94 valence electrons. The highest BCUT2D eigenvalue weighted by Gasteiger charge is 2.07. The number of hydrogen-bond donors (Lipinski definition) is 1. The van der Waals surface area contributed by atoms with E-state index in [1.807, 2.05) is 18.2 Å². The summed E-state index contributed by atoms with van der Waals surface area (Å²) in [5.74, 6) is 0.671. The summed E-state index contributed by atoms with van der Waals surface area (Å²) in [4.78, 5) is 4.18. The van der Waals surface area contributed by atoms with Gasteiger partial charge in [-0.2, -0.15) is 0 Å². The molecule has 18 heavy (non-hydrogen) atoms. The van der Waals surface area contributed by atoms with Gasteiger partial charge in [0.2, 0.25) is 0 Å². The molecule has 0 bridgehead atoms. The molecule has 0 spiro atoms. The second-order valence-electron chi connectivity index (χ2n) is 4.22. The number of anilines is 1. The van der Waals surface area contributed by atoms with Crippen LogP contribution in [-0.4, -0.2) is 11.0 Å². The molecule has 1 atom stereocenters. The standard InChI is InChI=1S/C14H14Cl2N2/c1-10(7-11-5-3-2-4-6-11)18-14-13(16)8-12(15)9-17-14/h2-6,8-10H,7H2,1H3,(H,17,18). The molecule has 0 radical (unpaired) electrons. The minimum absolute atomic E-state index is 0.249. The van der Waals surface area contributed by atoms with Crippen molar-refractivity contribution in [2.45, 2.75) is 19.4 Å². The minimum atomic E-state index is 0.249. The van der Waals surface area contributed by atoms with Crippen LogP contribution in [0.15, 0.2) is 42.6 Å². The molecule has 0 saturated heterocycles. The molecule has 0 saturated carbocycles. The van der Waals surface area contributed by atoms with Gasteiger partial charge in [0.15, 0.2) is 0 Å². The zero-order valence-corrected chi connectivity index (χ0v) is 11.5. The summed E-state index contributed by atoms with van der Waals surface area (Å²) < 4.78 is 0.